The number of thioether (sulfide) groups is 1. The topological polar surface area (TPSA) is 85.6 Å². The first-order chi connectivity index (χ1) is 12.5. The Hall–Kier alpha value is -2.10. The lowest BCUT2D eigenvalue weighted by atomic mass is 10.2. The number of hydrogen-bond acceptors (Lipinski definition) is 6. The van der Waals surface area contributed by atoms with Crippen LogP contribution < -0.4 is 9.46 Å². The molecule has 2 aromatic heterocycles. The molecule has 0 unspecified atom stereocenters. The summed E-state index contributed by atoms with van der Waals surface area (Å²) in [5.41, 5.74) is 0.681. The first-order valence-corrected chi connectivity index (χ1v) is 10.9. The van der Waals surface area contributed by atoms with E-state index in [1.54, 1.807) is 23.9 Å². The molecule has 7 nitrogen and oxygen atoms in total. The zero-order chi connectivity index (χ0) is 18.6. The molecule has 2 heterocycles. The van der Waals surface area contributed by atoms with Crippen LogP contribution in [0.3, 0.4) is 0 Å². The van der Waals surface area contributed by atoms with Gasteiger partial charge in [-0.1, -0.05) is 6.07 Å². The van der Waals surface area contributed by atoms with Crippen molar-refractivity contribution in [2.75, 3.05) is 19.1 Å². The van der Waals surface area contributed by atoms with Crippen LogP contribution in [-0.2, 0) is 10.0 Å². The predicted molar refractivity (Wildman–Crippen MR) is 102 cm³/mol. The van der Waals surface area contributed by atoms with E-state index in [0.717, 1.165) is 5.75 Å². The van der Waals surface area contributed by atoms with Crippen LogP contribution in [0.5, 0.6) is 5.75 Å². The van der Waals surface area contributed by atoms with Crippen LogP contribution in [0.25, 0.3) is 5.65 Å². The van der Waals surface area contributed by atoms with E-state index in [1.807, 2.05) is 35.1 Å². The molecule has 0 fully saturated rings. The van der Waals surface area contributed by atoms with Crippen LogP contribution in [0.1, 0.15) is 18.3 Å². The number of nitrogens with one attached hydrogen (secondary N) is 1. The van der Waals surface area contributed by atoms with Crippen molar-refractivity contribution in [2.24, 2.45) is 0 Å². The summed E-state index contributed by atoms with van der Waals surface area (Å²) in [4.78, 5) is 0.182. The zero-order valence-corrected chi connectivity index (χ0v) is 16.1. The Morgan fingerprint density at radius 1 is 1.19 bits per heavy atom. The second-order valence-corrected chi connectivity index (χ2v) is 8.32. The van der Waals surface area contributed by atoms with Crippen LogP contribution >= 0.6 is 11.8 Å². The lowest BCUT2D eigenvalue weighted by Crippen LogP contribution is -2.30. The van der Waals surface area contributed by atoms with E-state index >= 15 is 0 Å². The summed E-state index contributed by atoms with van der Waals surface area (Å²) in [5, 5.41) is 8.34. The Labute approximate surface area is 156 Å². The third kappa shape index (κ3) is 4.00. The summed E-state index contributed by atoms with van der Waals surface area (Å²) in [6.07, 6.45) is 4.42. The normalized spacial score (nSPS) is 13.0. The number of benzene rings is 1. The fraction of sp³-hybridized carbons (Fsp3) is 0.294. The van der Waals surface area contributed by atoms with Gasteiger partial charge in [0.25, 0.3) is 0 Å². The van der Waals surface area contributed by atoms with E-state index in [4.69, 9.17) is 4.74 Å². The lowest BCUT2D eigenvalue weighted by molar-refractivity contribution is 0.414. The molecule has 3 aromatic rings. The van der Waals surface area contributed by atoms with Crippen LogP contribution in [0, 0.1) is 0 Å². The van der Waals surface area contributed by atoms with E-state index in [-0.39, 0.29) is 4.90 Å². The van der Waals surface area contributed by atoms with Crippen molar-refractivity contribution in [3.8, 4) is 5.75 Å². The molecule has 0 amide bonds. The van der Waals surface area contributed by atoms with Gasteiger partial charge in [0, 0.05) is 6.20 Å². The first-order valence-electron chi connectivity index (χ1n) is 8.00. The van der Waals surface area contributed by atoms with Crippen LogP contribution in [-0.4, -0.2) is 42.1 Å². The van der Waals surface area contributed by atoms with Crippen molar-refractivity contribution < 1.29 is 13.2 Å². The molecular weight excluding hydrogens is 372 g/mol. The minimum absolute atomic E-state index is 0.182. The average molecular weight is 393 g/mol. The van der Waals surface area contributed by atoms with Crippen molar-refractivity contribution in [3.05, 3.63) is 54.5 Å². The molecule has 1 N–H and O–H groups in total. The number of nitrogens with zero attached hydrogens (tertiary/aromatic N) is 3. The Bertz CT molecular complexity index is 971. The average Bonchev–Trinajstić information content (AvgIpc) is 3.09. The van der Waals surface area contributed by atoms with Crippen LogP contribution in [0.2, 0.25) is 0 Å². The fourth-order valence-electron chi connectivity index (χ4n) is 2.58. The SMILES string of the molecule is COc1ccc(S(=O)(=O)N[C@@H](CCSC)c2nnc3ccccn23)cc1. The van der Waals surface area contributed by atoms with Gasteiger partial charge in [0.1, 0.15) is 5.75 Å². The molecule has 0 radical (unpaired) electrons. The maximum Gasteiger partial charge on any atom is 0.241 e. The van der Waals surface area contributed by atoms with Crippen molar-refractivity contribution >= 4 is 27.4 Å². The van der Waals surface area contributed by atoms with E-state index in [2.05, 4.69) is 14.9 Å². The second-order valence-electron chi connectivity index (χ2n) is 5.62. The summed E-state index contributed by atoms with van der Waals surface area (Å²) in [6, 6.07) is 11.4. The van der Waals surface area contributed by atoms with Gasteiger partial charge in [-0.2, -0.15) is 11.8 Å². The fourth-order valence-corrected chi connectivity index (χ4v) is 4.28. The van der Waals surface area contributed by atoms with Gasteiger partial charge in [-0.15, -0.1) is 10.2 Å². The van der Waals surface area contributed by atoms with Crippen LogP contribution in [0.4, 0.5) is 0 Å². The van der Waals surface area contributed by atoms with Gasteiger partial charge in [-0.05, 0) is 54.8 Å². The summed E-state index contributed by atoms with van der Waals surface area (Å²) in [6.45, 7) is 0. The predicted octanol–water partition coefficient (Wildman–Crippen LogP) is 2.51. The number of pyridine rings is 1. The molecule has 1 atom stereocenters. The molecule has 0 aliphatic carbocycles. The van der Waals surface area contributed by atoms with Gasteiger partial charge in [-0.25, -0.2) is 13.1 Å². The van der Waals surface area contributed by atoms with Gasteiger partial charge < -0.3 is 4.74 Å². The number of fused-ring (bicyclic) bond motifs is 1. The maximum atomic E-state index is 12.8. The molecule has 0 aliphatic heterocycles. The number of methoxy groups -OCH3 is 1. The van der Waals surface area contributed by atoms with Crippen LogP contribution in [0.15, 0.2) is 53.6 Å². The number of hydrogen-bond donors (Lipinski definition) is 1. The Balaban J connectivity index is 1.92. The molecule has 26 heavy (non-hydrogen) atoms. The standard InChI is InChI=1S/C17H20N4O3S2/c1-24-13-6-8-14(9-7-13)26(22,23)20-15(10-12-25-2)17-19-18-16-5-3-4-11-21(16)17/h3-9,11,15,20H,10,12H2,1-2H3/t15-/m0/s1. The maximum absolute atomic E-state index is 12.8. The number of sulfonamides is 1. The molecule has 1 aromatic carbocycles. The van der Waals surface area contributed by atoms with Gasteiger partial charge in [-0.3, -0.25) is 4.40 Å². The molecule has 3 rings (SSSR count). The summed E-state index contributed by atoms with van der Waals surface area (Å²) >= 11 is 1.65. The Kier molecular flexibility index (Phi) is 5.80. The van der Waals surface area contributed by atoms with Crippen molar-refractivity contribution in [2.45, 2.75) is 17.4 Å². The molecular formula is C17H20N4O3S2. The van der Waals surface area contributed by atoms with Gasteiger partial charge in [0.05, 0.1) is 18.0 Å². The molecule has 0 saturated carbocycles. The highest BCUT2D eigenvalue weighted by Gasteiger charge is 2.25. The van der Waals surface area contributed by atoms with E-state index in [0.29, 0.717) is 23.6 Å². The van der Waals surface area contributed by atoms with E-state index in [1.165, 1.54) is 19.2 Å². The Morgan fingerprint density at radius 2 is 1.96 bits per heavy atom. The summed E-state index contributed by atoms with van der Waals surface area (Å²) in [5.74, 6) is 1.97. The minimum atomic E-state index is -3.71. The van der Waals surface area contributed by atoms with Crippen molar-refractivity contribution in [1.82, 2.24) is 19.3 Å². The third-order valence-electron chi connectivity index (χ3n) is 3.93. The van der Waals surface area contributed by atoms with Gasteiger partial charge >= 0.3 is 0 Å². The molecule has 0 saturated heterocycles. The van der Waals surface area contributed by atoms with E-state index in [9.17, 15) is 8.42 Å². The third-order valence-corrected chi connectivity index (χ3v) is 6.06. The van der Waals surface area contributed by atoms with E-state index < -0.39 is 16.1 Å². The van der Waals surface area contributed by atoms with Crippen molar-refractivity contribution in [3.63, 3.8) is 0 Å². The largest absolute Gasteiger partial charge is 0.497 e. The quantitative estimate of drug-likeness (QED) is 0.634. The molecule has 0 spiro atoms. The smallest absolute Gasteiger partial charge is 0.241 e. The highest BCUT2D eigenvalue weighted by molar-refractivity contribution is 7.98. The highest BCUT2D eigenvalue weighted by atomic mass is 32.2. The zero-order valence-electron chi connectivity index (χ0n) is 14.5. The summed E-state index contributed by atoms with van der Waals surface area (Å²) < 4.78 is 35.3. The molecule has 0 aliphatic rings. The number of aromatic nitrogens is 3. The molecule has 0 bridgehead atoms. The van der Waals surface area contributed by atoms with Crippen molar-refractivity contribution in [1.29, 1.82) is 0 Å². The van der Waals surface area contributed by atoms with Gasteiger partial charge in [0.15, 0.2) is 11.5 Å². The lowest BCUT2D eigenvalue weighted by Gasteiger charge is -2.17. The number of ether oxygens (including phenoxy) is 1. The monoisotopic (exact) mass is 392 g/mol. The number of rotatable bonds is 8. The second kappa shape index (κ2) is 8.07. The molecule has 138 valence electrons. The minimum Gasteiger partial charge on any atom is -0.497 e. The Morgan fingerprint density at radius 3 is 2.65 bits per heavy atom. The summed E-state index contributed by atoms with van der Waals surface area (Å²) in [7, 11) is -2.17. The molecule has 9 heteroatoms. The van der Waals surface area contributed by atoms with Gasteiger partial charge in [0.2, 0.25) is 10.0 Å². The highest BCUT2D eigenvalue weighted by Crippen LogP contribution is 2.22. The first kappa shape index (κ1) is 18.7.